The smallest absolute Gasteiger partial charge is 0.269 e. The van der Waals surface area contributed by atoms with Gasteiger partial charge in [-0.15, -0.1) is 0 Å². The van der Waals surface area contributed by atoms with Crippen LogP contribution in [0.3, 0.4) is 0 Å². The van der Waals surface area contributed by atoms with E-state index in [0.29, 0.717) is 30.3 Å². The van der Waals surface area contributed by atoms with Crippen LogP contribution in [0.15, 0.2) is 71.4 Å². The molecule has 0 saturated carbocycles. The summed E-state index contributed by atoms with van der Waals surface area (Å²) in [6.45, 7) is 0.248. The van der Waals surface area contributed by atoms with Gasteiger partial charge in [0.05, 0.1) is 11.8 Å². The third-order valence-corrected chi connectivity index (χ3v) is 4.97. The van der Waals surface area contributed by atoms with Gasteiger partial charge in [-0.25, -0.2) is 15.0 Å². The minimum absolute atomic E-state index is 0.248. The Kier molecular flexibility index (Phi) is 5.20. The van der Waals surface area contributed by atoms with Gasteiger partial charge in [-0.2, -0.15) is 0 Å². The van der Waals surface area contributed by atoms with Crippen LogP contribution in [0.5, 0.6) is 11.5 Å². The molecule has 0 saturated heterocycles. The van der Waals surface area contributed by atoms with Gasteiger partial charge in [0, 0.05) is 55.0 Å². The summed E-state index contributed by atoms with van der Waals surface area (Å²) >= 11 is 0. The van der Waals surface area contributed by atoms with Crippen molar-refractivity contribution in [2.45, 2.75) is 12.8 Å². The Labute approximate surface area is 183 Å². The highest BCUT2D eigenvalue weighted by Gasteiger charge is 2.19. The molecule has 9 heteroatoms. The number of benzene rings is 1. The maximum atomic E-state index is 11.8. The van der Waals surface area contributed by atoms with Crippen LogP contribution in [0.2, 0.25) is 0 Å². The Morgan fingerprint density at radius 2 is 2.09 bits per heavy atom. The van der Waals surface area contributed by atoms with Crippen molar-refractivity contribution in [3.63, 3.8) is 0 Å². The van der Waals surface area contributed by atoms with Crippen LogP contribution in [0.4, 0.5) is 5.95 Å². The summed E-state index contributed by atoms with van der Waals surface area (Å²) in [5.41, 5.74) is 2.95. The summed E-state index contributed by atoms with van der Waals surface area (Å²) in [5.74, 6) is 2.10. The van der Waals surface area contributed by atoms with Crippen LogP contribution in [0.1, 0.15) is 23.3 Å². The average molecular weight is 429 g/mol. The second kappa shape index (κ2) is 8.46. The number of aromatic nitrogens is 3. The number of nitrogens with one attached hydrogen (secondary N) is 1. The number of allylic oxidation sites excluding steroid dienone is 2. The molecule has 0 atom stereocenters. The number of fused-ring (bicyclic) bond motifs is 2. The van der Waals surface area contributed by atoms with Crippen LogP contribution >= 0.6 is 0 Å². The second-order valence-electron chi connectivity index (χ2n) is 7.15. The fourth-order valence-electron chi connectivity index (χ4n) is 3.41. The molecule has 160 valence electrons. The van der Waals surface area contributed by atoms with E-state index < -0.39 is 0 Å². The molecular weight excluding hydrogens is 410 g/mol. The minimum Gasteiger partial charge on any atom is -0.465 e. The third-order valence-electron chi connectivity index (χ3n) is 4.97. The molecular formula is C23H19N5O4. The van der Waals surface area contributed by atoms with Crippen molar-refractivity contribution in [3.05, 3.63) is 72.1 Å². The van der Waals surface area contributed by atoms with Crippen molar-refractivity contribution in [2.24, 2.45) is 4.99 Å². The van der Waals surface area contributed by atoms with Gasteiger partial charge in [0.2, 0.25) is 12.7 Å². The van der Waals surface area contributed by atoms with Crippen molar-refractivity contribution in [2.75, 3.05) is 13.8 Å². The standard InChI is InChI=1S/C23H19N5O4/c1-24-22(29)20-10-18(6-7-25-20)32-17-3-4-19-14(9-17)11-26-23(28-19)27-16-2-5-21-15(8-16)12-30-13-31-21/h3-7,9-12H,2,8,13H2,1H3,(H,24,29). The summed E-state index contributed by atoms with van der Waals surface area (Å²) in [5, 5.41) is 3.36. The van der Waals surface area contributed by atoms with Gasteiger partial charge in [-0.1, -0.05) is 0 Å². The molecule has 1 amide bonds. The van der Waals surface area contributed by atoms with Crippen molar-refractivity contribution in [1.29, 1.82) is 0 Å². The van der Waals surface area contributed by atoms with E-state index in [1.165, 1.54) is 6.20 Å². The Morgan fingerprint density at radius 3 is 3.00 bits per heavy atom. The van der Waals surface area contributed by atoms with Gasteiger partial charge in [0.15, 0.2) is 0 Å². The summed E-state index contributed by atoms with van der Waals surface area (Å²) in [4.78, 5) is 29.3. The van der Waals surface area contributed by atoms with Gasteiger partial charge in [0.25, 0.3) is 5.91 Å². The van der Waals surface area contributed by atoms with Crippen molar-refractivity contribution >= 4 is 28.5 Å². The highest BCUT2D eigenvalue weighted by atomic mass is 16.7. The summed E-state index contributed by atoms with van der Waals surface area (Å²) in [6.07, 6.45) is 8.28. The number of aliphatic imine (C=N–C) groups is 1. The molecule has 2 aromatic heterocycles. The van der Waals surface area contributed by atoms with Crippen LogP contribution in [-0.4, -0.2) is 40.4 Å². The molecule has 3 aromatic rings. The zero-order valence-electron chi connectivity index (χ0n) is 17.2. The monoisotopic (exact) mass is 429 g/mol. The summed E-state index contributed by atoms with van der Waals surface area (Å²) in [6, 6.07) is 8.77. The number of ether oxygens (including phenoxy) is 3. The number of hydrogen-bond donors (Lipinski definition) is 1. The van der Waals surface area contributed by atoms with Crippen molar-refractivity contribution in [3.8, 4) is 11.5 Å². The molecule has 1 aromatic carbocycles. The number of hydrogen-bond acceptors (Lipinski definition) is 8. The maximum Gasteiger partial charge on any atom is 0.269 e. The van der Waals surface area contributed by atoms with Crippen molar-refractivity contribution < 1.29 is 19.0 Å². The quantitative estimate of drug-likeness (QED) is 0.672. The van der Waals surface area contributed by atoms with Gasteiger partial charge in [0.1, 0.15) is 23.0 Å². The lowest BCUT2D eigenvalue weighted by molar-refractivity contribution is 0.0140. The van der Waals surface area contributed by atoms with Crippen LogP contribution in [-0.2, 0) is 9.47 Å². The number of rotatable bonds is 4. The molecule has 1 N–H and O–H groups in total. The van der Waals surface area contributed by atoms with E-state index in [1.54, 1.807) is 31.6 Å². The first-order valence-corrected chi connectivity index (χ1v) is 10.0. The molecule has 0 fully saturated rings. The predicted molar refractivity (Wildman–Crippen MR) is 117 cm³/mol. The Balaban J connectivity index is 1.35. The lowest BCUT2D eigenvalue weighted by atomic mass is 9.99. The minimum atomic E-state index is -0.277. The van der Waals surface area contributed by atoms with Crippen LogP contribution in [0, 0.1) is 0 Å². The first-order chi connectivity index (χ1) is 15.7. The number of nitrogens with zero attached hydrogens (tertiary/aromatic N) is 4. The average Bonchev–Trinajstić information content (AvgIpc) is 2.83. The maximum absolute atomic E-state index is 11.8. The number of carbonyl (C=O) groups excluding carboxylic acids is 1. The van der Waals surface area contributed by atoms with Crippen LogP contribution < -0.4 is 10.1 Å². The molecule has 1 aliphatic carbocycles. The molecule has 0 spiro atoms. The molecule has 0 unspecified atom stereocenters. The number of pyridine rings is 1. The largest absolute Gasteiger partial charge is 0.465 e. The van der Waals surface area contributed by atoms with Crippen molar-refractivity contribution in [1.82, 2.24) is 20.3 Å². The van der Waals surface area contributed by atoms with E-state index >= 15 is 0 Å². The van der Waals surface area contributed by atoms with E-state index in [1.807, 2.05) is 24.3 Å². The van der Waals surface area contributed by atoms with E-state index in [9.17, 15) is 4.79 Å². The van der Waals surface area contributed by atoms with E-state index in [-0.39, 0.29) is 18.4 Å². The highest BCUT2D eigenvalue weighted by Crippen LogP contribution is 2.29. The fourth-order valence-corrected chi connectivity index (χ4v) is 3.41. The van der Waals surface area contributed by atoms with E-state index in [4.69, 9.17) is 14.2 Å². The zero-order valence-corrected chi connectivity index (χ0v) is 17.2. The SMILES string of the molecule is CNC(=O)c1cc(Oc2ccc3nc(N=C4CC=C5OCOC=C5C4)ncc3c2)ccn1. The van der Waals surface area contributed by atoms with E-state index in [2.05, 4.69) is 25.3 Å². The lowest BCUT2D eigenvalue weighted by Crippen LogP contribution is -2.18. The van der Waals surface area contributed by atoms with Crippen LogP contribution in [0.25, 0.3) is 10.9 Å². The molecule has 32 heavy (non-hydrogen) atoms. The first-order valence-electron chi connectivity index (χ1n) is 10.0. The molecule has 3 heterocycles. The van der Waals surface area contributed by atoms with Gasteiger partial charge < -0.3 is 19.5 Å². The summed E-state index contributed by atoms with van der Waals surface area (Å²) < 4.78 is 16.6. The molecule has 0 radical (unpaired) electrons. The Hall–Kier alpha value is -4.27. The molecule has 9 nitrogen and oxygen atoms in total. The third kappa shape index (κ3) is 4.13. The Morgan fingerprint density at radius 1 is 1.19 bits per heavy atom. The Bertz CT molecular complexity index is 1300. The number of carbonyl (C=O) groups is 1. The summed E-state index contributed by atoms with van der Waals surface area (Å²) in [7, 11) is 1.55. The van der Waals surface area contributed by atoms with Gasteiger partial charge in [-0.05, 0) is 30.3 Å². The second-order valence-corrected chi connectivity index (χ2v) is 7.15. The highest BCUT2D eigenvalue weighted by molar-refractivity contribution is 5.93. The topological polar surface area (TPSA) is 108 Å². The van der Waals surface area contributed by atoms with Gasteiger partial charge >= 0.3 is 0 Å². The fraction of sp³-hybridized carbons (Fsp3) is 0.174. The molecule has 1 aliphatic heterocycles. The zero-order chi connectivity index (χ0) is 21.9. The predicted octanol–water partition coefficient (Wildman–Crippen LogP) is 3.82. The lowest BCUT2D eigenvalue weighted by Gasteiger charge is -2.22. The molecule has 5 rings (SSSR count). The normalized spacial score (nSPS) is 16.3. The molecule has 2 aliphatic rings. The molecule has 0 bridgehead atoms. The first kappa shape index (κ1) is 19.7. The van der Waals surface area contributed by atoms with Gasteiger partial charge in [-0.3, -0.25) is 9.78 Å². The number of amides is 1. The van der Waals surface area contributed by atoms with E-state index in [0.717, 1.165) is 27.9 Å².